The van der Waals surface area contributed by atoms with Crippen molar-refractivity contribution in [3.05, 3.63) is 90.0 Å². The van der Waals surface area contributed by atoms with Crippen molar-refractivity contribution < 1.29 is 12.7 Å². The molecule has 0 aromatic heterocycles. The van der Waals surface area contributed by atoms with Gasteiger partial charge in [0.05, 0.1) is 0 Å². The van der Waals surface area contributed by atoms with Crippen LogP contribution >= 0.6 is 0 Å². The Balaban J connectivity index is 1.82. The maximum atomic E-state index is 12.2. The SMILES string of the molecule is Cc1ccc(S(=O)(=O)O/N=C(\C#N)c2ccc(-c3ccccc3)cc2)cc1. The van der Waals surface area contributed by atoms with Crippen molar-refractivity contribution in [3.63, 3.8) is 0 Å². The molecule has 0 aliphatic heterocycles. The first-order chi connectivity index (χ1) is 13.0. The lowest BCUT2D eigenvalue weighted by Gasteiger charge is -2.04. The zero-order valence-electron chi connectivity index (χ0n) is 14.5. The summed E-state index contributed by atoms with van der Waals surface area (Å²) in [5, 5.41) is 12.9. The Morgan fingerprint density at radius 3 is 2.07 bits per heavy atom. The highest BCUT2D eigenvalue weighted by atomic mass is 32.2. The minimum atomic E-state index is -4.08. The summed E-state index contributed by atoms with van der Waals surface area (Å²) < 4.78 is 29.1. The summed E-state index contributed by atoms with van der Waals surface area (Å²) in [6.07, 6.45) is 0. The van der Waals surface area contributed by atoms with Crippen molar-refractivity contribution >= 4 is 15.8 Å². The van der Waals surface area contributed by atoms with Crippen molar-refractivity contribution in [1.82, 2.24) is 0 Å². The van der Waals surface area contributed by atoms with Crippen LogP contribution in [0.3, 0.4) is 0 Å². The van der Waals surface area contributed by atoms with Gasteiger partial charge in [0.15, 0.2) is 5.71 Å². The molecule has 0 N–H and O–H groups in total. The van der Waals surface area contributed by atoms with Crippen LogP contribution in [0.1, 0.15) is 11.1 Å². The molecule has 3 rings (SSSR count). The number of rotatable bonds is 5. The van der Waals surface area contributed by atoms with Gasteiger partial charge in [0.2, 0.25) is 0 Å². The molecule has 0 bridgehead atoms. The Labute approximate surface area is 158 Å². The van der Waals surface area contributed by atoms with Crippen molar-refractivity contribution in [2.45, 2.75) is 11.8 Å². The van der Waals surface area contributed by atoms with Crippen molar-refractivity contribution in [2.24, 2.45) is 5.16 Å². The zero-order valence-corrected chi connectivity index (χ0v) is 15.3. The average molecular weight is 376 g/mol. The maximum absolute atomic E-state index is 12.2. The molecule has 134 valence electrons. The number of hydrogen-bond acceptors (Lipinski definition) is 5. The zero-order chi connectivity index (χ0) is 19.3. The number of benzene rings is 3. The van der Waals surface area contributed by atoms with Crippen LogP contribution in [0.15, 0.2) is 88.9 Å². The van der Waals surface area contributed by atoms with Gasteiger partial charge in [-0.2, -0.15) is 13.7 Å². The van der Waals surface area contributed by atoms with E-state index in [1.807, 2.05) is 55.5 Å². The van der Waals surface area contributed by atoms with Crippen LogP contribution < -0.4 is 0 Å². The molecule has 0 heterocycles. The number of nitrogens with zero attached hydrogens (tertiary/aromatic N) is 2. The third-order valence-corrected chi connectivity index (χ3v) is 5.03. The van der Waals surface area contributed by atoms with E-state index in [-0.39, 0.29) is 10.6 Å². The predicted molar refractivity (Wildman–Crippen MR) is 103 cm³/mol. The maximum Gasteiger partial charge on any atom is 0.358 e. The molecular weight excluding hydrogens is 360 g/mol. The fraction of sp³-hybridized carbons (Fsp3) is 0.0476. The van der Waals surface area contributed by atoms with E-state index in [2.05, 4.69) is 5.16 Å². The highest BCUT2D eigenvalue weighted by molar-refractivity contribution is 7.86. The van der Waals surface area contributed by atoms with E-state index in [4.69, 9.17) is 4.28 Å². The molecular formula is C21H16N2O3S. The normalized spacial score (nSPS) is 11.6. The third kappa shape index (κ3) is 4.40. The fourth-order valence-electron chi connectivity index (χ4n) is 2.42. The van der Waals surface area contributed by atoms with E-state index in [9.17, 15) is 13.7 Å². The average Bonchev–Trinajstić information content (AvgIpc) is 2.70. The molecule has 3 aromatic carbocycles. The monoisotopic (exact) mass is 376 g/mol. The van der Waals surface area contributed by atoms with Crippen LogP contribution in [-0.4, -0.2) is 14.1 Å². The van der Waals surface area contributed by atoms with Crippen molar-refractivity contribution in [1.29, 1.82) is 5.26 Å². The molecule has 0 fully saturated rings. The van der Waals surface area contributed by atoms with Gasteiger partial charge in [-0.25, -0.2) is 0 Å². The van der Waals surface area contributed by atoms with Crippen molar-refractivity contribution in [2.75, 3.05) is 0 Å². The molecule has 0 atom stereocenters. The first-order valence-corrected chi connectivity index (χ1v) is 9.55. The van der Waals surface area contributed by atoms with E-state index in [1.54, 1.807) is 24.3 Å². The fourth-order valence-corrected chi connectivity index (χ4v) is 3.15. The second kappa shape index (κ2) is 7.85. The topological polar surface area (TPSA) is 79.5 Å². The summed E-state index contributed by atoms with van der Waals surface area (Å²) in [5.74, 6) is 0. The minimum absolute atomic E-state index is 0.0198. The summed E-state index contributed by atoms with van der Waals surface area (Å²) in [6.45, 7) is 1.85. The van der Waals surface area contributed by atoms with E-state index in [0.29, 0.717) is 5.56 Å². The van der Waals surface area contributed by atoms with Gasteiger partial charge in [-0.1, -0.05) is 77.4 Å². The van der Waals surface area contributed by atoms with E-state index in [1.165, 1.54) is 12.1 Å². The second-order valence-electron chi connectivity index (χ2n) is 5.84. The minimum Gasteiger partial charge on any atom is -0.263 e. The molecule has 0 unspecified atom stereocenters. The summed E-state index contributed by atoms with van der Waals surface area (Å²) in [5.41, 5.74) is 3.29. The smallest absolute Gasteiger partial charge is 0.263 e. The van der Waals surface area contributed by atoms with Gasteiger partial charge in [-0.15, -0.1) is 0 Å². The predicted octanol–water partition coefficient (Wildman–Crippen LogP) is 4.30. The Hall–Kier alpha value is -3.43. The van der Waals surface area contributed by atoms with E-state index < -0.39 is 10.1 Å². The molecule has 27 heavy (non-hydrogen) atoms. The van der Waals surface area contributed by atoms with Crippen LogP contribution in [0.2, 0.25) is 0 Å². The van der Waals surface area contributed by atoms with Crippen LogP contribution in [0.5, 0.6) is 0 Å². The molecule has 6 heteroatoms. The van der Waals surface area contributed by atoms with Crippen LogP contribution in [-0.2, 0) is 14.4 Å². The standard InChI is InChI=1S/C21H16N2O3S/c1-16-7-13-20(14-8-16)27(24,25)26-23-21(15-22)19-11-9-18(10-12-19)17-5-3-2-4-6-17/h2-14H,1H3/b23-21+. The third-order valence-electron chi connectivity index (χ3n) is 3.91. The van der Waals surface area contributed by atoms with Gasteiger partial charge in [0, 0.05) is 5.56 Å². The quantitative estimate of drug-likeness (QED) is 0.491. The molecule has 0 saturated heterocycles. The molecule has 3 aromatic rings. The van der Waals surface area contributed by atoms with E-state index >= 15 is 0 Å². The summed E-state index contributed by atoms with van der Waals surface area (Å²) in [6, 6.07) is 24.9. The second-order valence-corrected chi connectivity index (χ2v) is 7.37. The van der Waals surface area contributed by atoms with Crippen molar-refractivity contribution in [3.8, 4) is 17.2 Å². The summed E-state index contributed by atoms with van der Waals surface area (Å²) in [7, 11) is -4.08. The Kier molecular flexibility index (Phi) is 5.34. The Morgan fingerprint density at radius 1 is 0.889 bits per heavy atom. The van der Waals surface area contributed by atoms with Crippen LogP contribution in [0.4, 0.5) is 0 Å². The summed E-state index contributed by atoms with van der Waals surface area (Å²) >= 11 is 0. The molecule has 0 amide bonds. The van der Waals surface area contributed by atoms with Gasteiger partial charge >= 0.3 is 10.1 Å². The highest BCUT2D eigenvalue weighted by Gasteiger charge is 2.16. The van der Waals surface area contributed by atoms with Gasteiger partial charge in [0.25, 0.3) is 0 Å². The van der Waals surface area contributed by atoms with Gasteiger partial charge in [-0.05, 0) is 30.2 Å². The molecule has 0 radical (unpaired) electrons. The lowest BCUT2D eigenvalue weighted by molar-refractivity contribution is 0.339. The molecule has 0 aliphatic rings. The highest BCUT2D eigenvalue weighted by Crippen LogP contribution is 2.20. The lowest BCUT2D eigenvalue weighted by atomic mass is 10.0. The molecule has 0 saturated carbocycles. The molecule has 0 aliphatic carbocycles. The van der Waals surface area contributed by atoms with E-state index in [0.717, 1.165) is 16.7 Å². The van der Waals surface area contributed by atoms with Gasteiger partial charge in [0.1, 0.15) is 11.0 Å². The lowest BCUT2D eigenvalue weighted by Crippen LogP contribution is -2.06. The largest absolute Gasteiger partial charge is 0.358 e. The summed E-state index contributed by atoms with van der Waals surface area (Å²) in [4.78, 5) is -0.0198. The number of aryl methyl sites for hydroxylation is 1. The van der Waals surface area contributed by atoms with Gasteiger partial charge < -0.3 is 0 Å². The number of hydrogen-bond donors (Lipinski definition) is 0. The Morgan fingerprint density at radius 2 is 1.48 bits per heavy atom. The van der Waals surface area contributed by atoms with Crippen LogP contribution in [0, 0.1) is 18.3 Å². The first-order valence-electron chi connectivity index (χ1n) is 8.14. The number of oxime groups is 1. The first kappa shape index (κ1) is 18.4. The molecule has 0 spiro atoms. The number of nitriles is 1. The molecule has 5 nitrogen and oxygen atoms in total. The van der Waals surface area contributed by atoms with Crippen LogP contribution in [0.25, 0.3) is 11.1 Å². The van der Waals surface area contributed by atoms with Gasteiger partial charge in [-0.3, -0.25) is 4.28 Å². The Bertz CT molecular complexity index is 1100.